The van der Waals surface area contributed by atoms with Crippen molar-refractivity contribution in [2.45, 2.75) is 32.9 Å². The van der Waals surface area contributed by atoms with E-state index < -0.39 is 0 Å². The van der Waals surface area contributed by atoms with Crippen molar-refractivity contribution >= 4 is 12.4 Å². The number of likely N-dealkylation sites (tertiary alicyclic amines) is 1. The van der Waals surface area contributed by atoms with Crippen LogP contribution >= 0.6 is 12.4 Å². The molecule has 0 aliphatic carbocycles. The van der Waals surface area contributed by atoms with Crippen molar-refractivity contribution in [1.29, 1.82) is 0 Å². The Morgan fingerprint density at radius 3 is 2.78 bits per heavy atom. The zero-order valence-corrected chi connectivity index (χ0v) is 11.8. The van der Waals surface area contributed by atoms with E-state index in [1.807, 2.05) is 6.07 Å². The molecule has 4 heteroatoms. The molecule has 0 aromatic heterocycles. The van der Waals surface area contributed by atoms with Crippen LogP contribution in [0.15, 0.2) is 24.3 Å². The van der Waals surface area contributed by atoms with Gasteiger partial charge in [0.15, 0.2) is 0 Å². The summed E-state index contributed by atoms with van der Waals surface area (Å²) in [5, 5.41) is 0. The molecule has 102 valence electrons. The molecule has 1 aliphatic rings. The van der Waals surface area contributed by atoms with Gasteiger partial charge in [-0.15, -0.1) is 12.4 Å². The van der Waals surface area contributed by atoms with Gasteiger partial charge in [0.2, 0.25) is 0 Å². The van der Waals surface area contributed by atoms with Gasteiger partial charge in [0, 0.05) is 25.7 Å². The number of benzene rings is 1. The highest BCUT2D eigenvalue weighted by Crippen LogP contribution is 2.28. The largest absolute Gasteiger partial charge is 0.327 e. The van der Waals surface area contributed by atoms with Gasteiger partial charge in [0.05, 0.1) is 0 Å². The first-order valence-corrected chi connectivity index (χ1v) is 6.20. The second-order valence-corrected chi connectivity index (χ2v) is 5.72. The Hall–Kier alpha value is -0.640. The van der Waals surface area contributed by atoms with Gasteiger partial charge in [0.25, 0.3) is 0 Å². The fraction of sp³-hybridized carbons (Fsp3) is 0.571. The van der Waals surface area contributed by atoms with Gasteiger partial charge in [-0.3, -0.25) is 4.90 Å². The maximum absolute atomic E-state index is 13.1. The van der Waals surface area contributed by atoms with Crippen LogP contribution in [0, 0.1) is 11.2 Å². The van der Waals surface area contributed by atoms with Crippen molar-refractivity contribution in [1.82, 2.24) is 4.90 Å². The Morgan fingerprint density at radius 1 is 1.44 bits per heavy atom. The summed E-state index contributed by atoms with van der Waals surface area (Å²) in [6, 6.07) is 7.11. The molecule has 1 aliphatic heterocycles. The Labute approximate surface area is 115 Å². The molecule has 0 bridgehead atoms. The van der Waals surface area contributed by atoms with Crippen molar-refractivity contribution < 1.29 is 4.39 Å². The minimum atomic E-state index is -0.157. The van der Waals surface area contributed by atoms with Gasteiger partial charge in [-0.25, -0.2) is 4.39 Å². The van der Waals surface area contributed by atoms with E-state index in [0.29, 0.717) is 0 Å². The van der Waals surface area contributed by atoms with E-state index in [1.165, 1.54) is 6.07 Å². The van der Waals surface area contributed by atoms with E-state index in [9.17, 15) is 4.39 Å². The molecule has 1 fully saturated rings. The van der Waals surface area contributed by atoms with Gasteiger partial charge < -0.3 is 5.73 Å². The lowest BCUT2D eigenvalue weighted by Crippen LogP contribution is -2.52. The zero-order valence-electron chi connectivity index (χ0n) is 11.0. The predicted molar refractivity (Wildman–Crippen MR) is 75.3 cm³/mol. The number of halogens is 2. The molecule has 0 radical (unpaired) electrons. The lowest BCUT2D eigenvalue weighted by molar-refractivity contribution is 0.0898. The summed E-state index contributed by atoms with van der Waals surface area (Å²) in [5.74, 6) is -0.157. The second kappa shape index (κ2) is 6.00. The second-order valence-electron chi connectivity index (χ2n) is 5.72. The van der Waals surface area contributed by atoms with Crippen molar-refractivity contribution in [2.75, 3.05) is 13.1 Å². The molecule has 2 nitrogen and oxygen atoms in total. The summed E-state index contributed by atoms with van der Waals surface area (Å²) in [4.78, 5) is 2.36. The van der Waals surface area contributed by atoms with Gasteiger partial charge in [0.1, 0.15) is 5.82 Å². The molecule has 1 saturated heterocycles. The maximum atomic E-state index is 13.1. The number of nitrogens with two attached hydrogens (primary N) is 1. The monoisotopic (exact) mass is 272 g/mol. The van der Waals surface area contributed by atoms with Crippen LogP contribution in [0.1, 0.15) is 25.8 Å². The molecule has 1 aromatic carbocycles. The fourth-order valence-corrected chi connectivity index (χ4v) is 2.51. The van der Waals surface area contributed by atoms with Crippen molar-refractivity contribution in [3.63, 3.8) is 0 Å². The van der Waals surface area contributed by atoms with Crippen LogP contribution in [0.3, 0.4) is 0 Å². The summed E-state index contributed by atoms with van der Waals surface area (Å²) in [6.07, 6.45) is 1.02. The average molecular weight is 273 g/mol. The Morgan fingerprint density at radius 2 is 2.17 bits per heavy atom. The molecule has 2 N–H and O–H groups in total. The van der Waals surface area contributed by atoms with Crippen LogP contribution in [-0.2, 0) is 6.54 Å². The molecule has 1 aromatic rings. The van der Waals surface area contributed by atoms with E-state index in [2.05, 4.69) is 18.7 Å². The summed E-state index contributed by atoms with van der Waals surface area (Å²) >= 11 is 0. The third-order valence-corrected chi connectivity index (χ3v) is 3.69. The number of hydrogen-bond acceptors (Lipinski definition) is 2. The molecule has 2 rings (SSSR count). The van der Waals surface area contributed by atoms with E-state index >= 15 is 0 Å². The molecule has 0 spiro atoms. The number of hydrogen-bond donors (Lipinski definition) is 1. The summed E-state index contributed by atoms with van der Waals surface area (Å²) in [5.41, 5.74) is 7.29. The van der Waals surface area contributed by atoms with E-state index in [4.69, 9.17) is 5.73 Å². The molecule has 18 heavy (non-hydrogen) atoms. The molecular weight excluding hydrogens is 251 g/mol. The third-order valence-electron chi connectivity index (χ3n) is 3.69. The number of rotatable bonds is 2. The Balaban J connectivity index is 0.00000162. The van der Waals surface area contributed by atoms with Crippen molar-refractivity contribution in [3.05, 3.63) is 35.6 Å². The highest BCUT2D eigenvalue weighted by molar-refractivity contribution is 5.85. The normalized spacial score (nSPS) is 23.4. The van der Waals surface area contributed by atoms with Crippen LogP contribution in [0.5, 0.6) is 0 Å². The minimum Gasteiger partial charge on any atom is -0.327 e. The Kier molecular flexibility index (Phi) is 5.14. The van der Waals surface area contributed by atoms with Gasteiger partial charge in [-0.2, -0.15) is 0 Å². The first-order chi connectivity index (χ1) is 7.97. The molecule has 0 amide bonds. The first-order valence-electron chi connectivity index (χ1n) is 6.20. The molecule has 1 unspecified atom stereocenters. The van der Waals surface area contributed by atoms with Crippen LogP contribution in [0.25, 0.3) is 0 Å². The van der Waals surface area contributed by atoms with E-state index in [-0.39, 0.29) is 29.7 Å². The van der Waals surface area contributed by atoms with Gasteiger partial charge in [-0.05, 0) is 29.5 Å². The Bertz CT molecular complexity index is 395. The minimum absolute atomic E-state index is 0. The van der Waals surface area contributed by atoms with Crippen LogP contribution in [0.4, 0.5) is 4.39 Å². The van der Waals surface area contributed by atoms with Gasteiger partial charge in [-0.1, -0.05) is 26.0 Å². The number of nitrogens with zero attached hydrogens (tertiary/aromatic N) is 1. The lowest BCUT2D eigenvalue weighted by Gasteiger charge is -2.42. The predicted octanol–water partition coefficient (Wildman–Crippen LogP) is 2.81. The quantitative estimate of drug-likeness (QED) is 0.897. The van der Waals surface area contributed by atoms with Crippen molar-refractivity contribution in [2.24, 2.45) is 11.1 Å². The third kappa shape index (κ3) is 3.67. The smallest absolute Gasteiger partial charge is 0.123 e. The standard InChI is InChI=1S/C14H21FN2.ClH/c1-14(2)10-17(7-6-13(14)16)9-11-4-3-5-12(15)8-11;/h3-5,8,13H,6-7,9-10,16H2,1-2H3;1H. The van der Waals surface area contributed by atoms with Crippen LogP contribution < -0.4 is 5.73 Å². The topological polar surface area (TPSA) is 29.3 Å². The molecule has 0 saturated carbocycles. The zero-order chi connectivity index (χ0) is 12.5. The van der Waals surface area contributed by atoms with Crippen LogP contribution in [0.2, 0.25) is 0 Å². The summed E-state index contributed by atoms with van der Waals surface area (Å²) in [6.45, 7) is 7.20. The lowest BCUT2D eigenvalue weighted by atomic mass is 9.79. The maximum Gasteiger partial charge on any atom is 0.123 e. The van der Waals surface area contributed by atoms with E-state index in [0.717, 1.165) is 31.6 Å². The van der Waals surface area contributed by atoms with Crippen LogP contribution in [-0.4, -0.2) is 24.0 Å². The SMILES string of the molecule is CC1(C)CN(Cc2cccc(F)c2)CCC1N.Cl. The molecule has 1 atom stereocenters. The fourth-order valence-electron chi connectivity index (χ4n) is 2.51. The average Bonchev–Trinajstić information content (AvgIpc) is 2.23. The first kappa shape index (κ1) is 15.4. The highest BCUT2D eigenvalue weighted by Gasteiger charge is 2.33. The van der Waals surface area contributed by atoms with E-state index in [1.54, 1.807) is 12.1 Å². The number of piperidine rings is 1. The summed E-state index contributed by atoms with van der Waals surface area (Å²) in [7, 11) is 0. The highest BCUT2D eigenvalue weighted by atomic mass is 35.5. The van der Waals surface area contributed by atoms with Crippen molar-refractivity contribution in [3.8, 4) is 0 Å². The summed E-state index contributed by atoms with van der Waals surface area (Å²) < 4.78 is 13.1. The van der Waals surface area contributed by atoms with Gasteiger partial charge >= 0.3 is 0 Å². The molecule has 1 heterocycles. The molecular formula is C14H22ClFN2.